The summed E-state index contributed by atoms with van der Waals surface area (Å²) in [6, 6.07) is 0. The Bertz CT molecular complexity index is 887. The fourth-order valence-electron chi connectivity index (χ4n) is 3.25. The van der Waals surface area contributed by atoms with Gasteiger partial charge in [0.25, 0.3) is 0 Å². The molecule has 9 nitrogen and oxygen atoms in total. The van der Waals surface area contributed by atoms with Gasteiger partial charge in [-0.25, -0.2) is 9.98 Å². The number of rotatable bonds is 2. The number of anilines is 2. The summed E-state index contributed by atoms with van der Waals surface area (Å²) in [4.78, 5) is 8.40. The van der Waals surface area contributed by atoms with Crippen molar-refractivity contribution in [3.8, 4) is 0 Å². The molecule has 0 saturated carbocycles. The van der Waals surface area contributed by atoms with Crippen molar-refractivity contribution >= 4 is 23.7 Å². The number of ether oxygens (including phenoxy) is 1. The standard InChI is InChI=1S/C16H19N5O4/c1-7-8(2)20-13-11-9(19-7)4-21(14(11)18-6-17-13)15-16(3,24)12(23)10(5-22)25-15/h4,6,10,12,15,19,22-24H,1-2,5H2,3H3,(H,17,18,20)/t10-,12-,15-,16-/m1/s1/i6T. The van der Waals surface area contributed by atoms with E-state index in [4.69, 9.17) is 6.11 Å². The average Bonchev–Trinajstić information content (AvgIpc) is 2.98. The number of aliphatic hydroxyl groups is 3. The molecule has 0 radical (unpaired) electrons. The van der Waals surface area contributed by atoms with Crippen LogP contribution < -0.4 is 10.6 Å². The average molecular weight is 347 g/mol. The molecule has 1 fully saturated rings. The lowest BCUT2D eigenvalue weighted by Gasteiger charge is -2.29. The van der Waals surface area contributed by atoms with Crippen molar-refractivity contribution in [1.29, 1.82) is 0 Å². The third-order valence-electron chi connectivity index (χ3n) is 4.65. The van der Waals surface area contributed by atoms with Gasteiger partial charge in [-0.3, -0.25) is 0 Å². The Hall–Kier alpha value is -2.46. The van der Waals surface area contributed by atoms with E-state index >= 15 is 0 Å². The summed E-state index contributed by atoms with van der Waals surface area (Å²) in [6.07, 6.45) is -1.71. The van der Waals surface area contributed by atoms with Crippen LogP contribution in [0.4, 0.5) is 11.5 Å². The molecule has 4 heterocycles. The first-order valence-electron chi connectivity index (χ1n) is 8.22. The summed E-state index contributed by atoms with van der Waals surface area (Å²) in [5.41, 5.74) is 0.361. The second-order valence-electron chi connectivity index (χ2n) is 6.39. The smallest absolute Gasteiger partial charge is 0.167 e. The highest BCUT2D eigenvalue weighted by Crippen LogP contribution is 2.44. The van der Waals surface area contributed by atoms with Crippen LogP contribution in [-0.2, 0) is 4.74 Å². The fraction of sp³-hybridized carbons (Fsp3) is 0.375. The predicted molar refractivity (Wildman–Crippen MR) is 92.6 cm³/mol. The molecule has 0 unspecified atom stereocenters. The van der Waals surface area contributed by atoms with E-state index in [0.717, 1.165) is 0 Å². The van der Waals surface area contributed by atoms with E-state index in [1.54, 1.807) is 10.8 Å². The highest BCUT2D eigenvalue weighted by atomic mass is 16.6. The van der Waals surface area contributed by atoms with E-state index in [9.17, 15) is 15.3 Å². The Morgan fingerprint density at radius 1 is 1.52 bits per heavy atom. The predicted octanol–water partition coefficient (Wildman–Crippen LogP) is 0.143. The maximum atomic E-state index is 10.8. The first-order valence-corrected chi connectivity index (χ1v) is 7.72. The molecule has 0 aromatic carbocycles. The summed E-state index contributed by atoms with van der Waals surface area (Å²) in [5, 5.41) is 36.3. The maximum Gasteiger partial charge on any atom is 0.167 e. The minimum atomic E-state index is -1.67. The molecule has 1 saturated heterocycles. The lowest BCUT2D eigenvalue weighted by Crippen LogP contribution is -2.44. The third-order valence-corrected chi connectivity index (χ3v) is 4.65. The van der Waals surface area contributed by atoms with Gasteiger partial charge in [-0.15, -0.1) is 0 Å². The molecule has 4 rings (SSSR count). The number of aliphatic hydroxyl groups excluding tert-OH is 2. The SMILES string of the molecule is [3H]C1=NC2=NC(=C)C(=C)Nc3cn([C@@H]4O[C@H](CO)[C@@H](O)[C@@]4(C)O)c(c32)N1. The molecular weight excluding hydrogens is 326 g/mol. The lowest BCUT2D eigenvalue weighted by atomic mass is 9.96. The Balaban J connectivity index is 1.88. The molecule has 5 N–H and O–H groups in total. The second kappa shape index (κ2) is 5.27. The fourth-order valence-corrected chi connectivity index (χ4v) is 3.25. The van der Waals surface area contributed by atoms with Crippen molar-refractivity contribution in [1.82, 2.24) is 4.57 Å². The third kappa shape index (κ3) is 2.17. The Morgan fingerprint density at radius 3 is 2.96 bits per heavy atom. The molecule has 3 aliphatic heterocycles. The van der Waals surface area contributed by atoms with Crippen LogP contribution in [0.2, 0.25) is 0 Å². The number of nitrogens with one attached hydrogen (secondary N) is 2. The first kappa shape index (κ1) is 14.8. The number of aromatic nitrogens is 1. The molecule has 132 valence electrons. The molecule has 4 atom stereocenters. The van der Waals surface area contributed by atoms with Gasteiger partial charge in [-0.2, -0.15) is 0 Å². The lowest BCUT2D eigenvalue weighted by molar-refractivity contribution is -0.0954. The van der Waals surface area contributed by atoms with Crippen LogP contribution in [0.5, 0.6) is 0 Å². The quantitative estimate of drug-likeness (QED) is 0.519. The van der Waals surface area contributed by atoms with Gasteiger partial charge < -0.3 is 35.3 Å². The van der Waals surface area contributed by atoms with Crippen molar-refractivity contribution < 1.29 is 21.4 Å². The Morgan fingerprint density at radius 2 is 2.28 bits per heavy atom. The van der Waals surface area contributed by atoms with Crippen LogP contribution >= 0.6 is 0 Å². The summed E-state index contributed by atoms with van der Waals surface area (Å²) < 4.78 is 15.2. The van der Waals surface area contributed by atoms with Gasteiger partial charge >= 0.3 is 0 Å². The first-order chi connectivity index (χ1) is 12.2. The van der Waals surface area contributed by atoms with Crippen molar-refractivity contribution in [2.24, 2.45) is 9.98 Å². The van der Waals surface area contributed by atoms with Gasteiger partial charge in [0.1, 0.15) is 25.0 Å². The van der Waals surface area contributed by atoms with Crippen LogP contribution in [0.15, 0.2) is 40.7 Å². The van der Waals surface area contributed by atoms with Crippen LogP contribution in [0.25, 0.3) is 0 Å². The van der Waals surface area contributed by atoms with Crippen molar-refractivity contribution in [2.75, 3.05) is 17.2 Å². The number of hydrogen-bond donors (Lipinski definition) is 5. The van der Waals surface area contributed by atoms with E-state index < -0.39 is 30.6 Å². The Labute approximate surface area is 145 Å². The number of aliphatic imine (C=N–C) groups is 2. The van der Waals surface area contributed by atoms with Crippen molar-refractivity contribution in [3.63, 3.8) is 0 Å². The highest BCUT2D eigenvalue weighted by molar-refractivity contribution is 6.16. The minimum Gasteiger partial charge on any atom is -0.394 e. The maximum absolute atomic E-state index is 10.8. The molecule has 9 heteroatoms. The topological polar surface area (TPSA) is 124 Å². The van der Waals surface area contributed by atoms with Crippen molar-refractivity contribution in [3.05, 3.63) is 36.3 Å². The van der Waals surface area contributed by atoms with Crippen LogP contribution in [0, 0.1) is 0 Å². The molecule has 25 heavy (non-hydrogen) atoms. The summed E-state index contributed by atoms with van der Waals surface area (Å²) >= 11 is 0. The van der Waals surface area contributed by atoms with E-state index in [1.807, 2.05) is 0 Å². The largest absolute Gasteiger partial charge is 0.394 e. The van der Waals surface area contributed by atoms with Gasteiger partial charge in [-0.1, -0.05) is 13.2 Å². The zero-order chi connectivity index (χ0) is 18.8. The molecule has 0 bridgehead atoms. The molecule has 3 aliphatic rings. The number of nitrogens with zero attached hydrogens (tertiary/aromatic N) is 3. The molecule has 1 aromatic rings. The monoisotopic (exact) mass is 347 g/mol. The van der Waals surface area contributed by atoms with Crippen LogP contribution in [0.3, 0.4) is 0 Å². The molecule has 0 spiro atoms. The van der Waals surface area contributed by atoms with E-state index in [-0.39, 0.29) is 12.2 Å². The number of amidine groups is 2. The van der Waals surface area contributed by atoms with Gasteiger partial charge in [0.2, 0.25) is 0 Å². The molecule has 0 amide bonds. The second-order valence-corrected chi connectivity index (χ2v) is 6.39. The molecular formula is C16H19N5O4. The highest BCUT2D eigenvalue weighted by Gasteiger charge is 2.53. The Kier molecular flexibility index (Phi) is 3.13. The van der Waals surface area contributed by atoms with Gasteiger partial charge in [0, 0.05) is 6.20 Å². The van der Waals surface area contributed by atoms with Gasteiger partial charge in [-0.05, 0) is 6.92 Å². The van der Waals surface area contributed by atoms with Crippen LogP contribution in [-0.4, -0.2) is 56.5 Å². The normalized spacial score (nSPS) is 34.4. The van der Waals surface area contributed by atoms with E-state index in [1.165, 1.54) is 6.92 Å². The van der Waals surface area contributed by atoms with E-state index in [0.29, 0.717) is 28.5 Å². The zero-order valence-electron chi connectivity index (χ0n) is 14.5. The summed E-state index contributed by atoms with van der Waals surface area (Å²) in [5.74, 6) is 0.704. The summed E-state index contributed by atoms with van der Waals surface area (Å²) in [6.45, 7) is 8.67. The summed E-state index contributed by atoms with van der Waals surface area (Å²) in [7, 11) is 0. The van der Waals surface area contributed by atoms with Gasteiger partial charge in [0.15, 0.2) is 12.1 Å². The van der Waals surface area contributed by atoms with Crippen molar-refractivity contribution in [2.45, 2.75) is 31.0 Å². The zero-order valence-corrected chi connectivity index (χ0v) is 13.5. The van der Waals surface area contributed by atoms with Crippen LogP contribution in [0.1, 0.15) is 20.1 Å². The number of hydrogen-bond acceptors (Lipinski definition) is 8. The van der Waals surface area contributed by atoms with E-state index in [2.05, 4.69) is 33.8 Å². The minimum absolute atomic E-state index is 0.139. The van der Waals surface area contributed by atoms with Gasteiger partial charge in [0.05, 0.1) is 35.6 Å². The molecule has 1 aromatic heterocycles. The molecule has 0 aliphatic carbocycles.